The maximum Gasteiger partial charge on any atom is 0.259 e. The van der Waals surface area contributed by atoms with Crippen molar-refractivity contribution in [1.82, 2.24) is 14.8 Å². The van der Waals surface area contributed by atoms with E-state index in [2.05, 4.69) is 15.4 Å². The Morgan fingerprint density at radius 1 is 1.04 bits per heavy atom. The van der Waals surface area contributed by atoms with Crippen LogP contribution in [0.2, 0.25) is 0 Å². The minimum Gasteiger partial charge on any atom is -0.320 e. The zero-order valence-corrected chi connectivity index (χ0v) is 14.4. The molecule has 0 aliphatic carbocycles. The second-order valence-electron chi connectivity index (χ2n) is 5.94. The van der Waals surface area contributed by atoms with Crippen LogP contribution in [0.4, 0.5) is 5.69 Å². The summed E-state index contributed by atoms with van der Waals surface area (Å²) in [4.78, 5) is 17.3. The molecule has 0 saturated heterocycles. The number of pyridine rings is 1. The molecule has 0 spiro atoms. The lowest BCUT2D eigenvalue weighted by molar-refractivity contribution is 0.102. The third-order valence-corrected chi connectivity index (χ3v) is 4.33. The number of amides is 1. The molecule has 2 aromatic carbocycles. The van der Waals surface area contributed by atoms with Crippen molar-refractivity contribution in [3.63, 3.8) is 0 Å². The number of aromatic nitrogens is 3. The molecule has 1 N–H and O–H groups in total. The van der Waals surface area contributed by atoms with E-state index in [1.165, 1.54) is 0 Å². The van der Waals surface area contributed by atoms with E-state index < -0.39 is 0 Å². The first-order valence-electron chi connectivity index (χ1n) is 8.55. The molecule has 0 unspecified atom stereocenters. The van der Waals surface area contributed by atoms with Crippen LogP contribution in [0.15, 0.2) is 73.1 Å². The Morgan fingerprint density at radius 2 is 1.85 bits per heavy atom. The Hall–Kier alpha value is -3.47. The number of carbonyl (C=O) groups excluding carboxylic acids is 1. The Balaban J connectivity index is 1.70. The van der Waals surface area contributed by atoms with Crippen LogP contribution < -0.4 is 5.32 Å². The number of hydrogen-bond acceptors (Lipinski definition) is 3. The van der Waals surface area contributed by atoms with Gasteiger partial charge in [0.25, 0.3) is 5.91 Å². The molecule has 1 amide bonds. The standard InChI is InChI=1S/C21H18N4O/c1-2-19-17(14-23-25(19)16-10-4-3-5-11-16)21(26)24-18-12-6-8-15-9-7-13-22-20(15)18/h3-14H,2H2,1H3,(H,24,26). The van der Waals surface area contributed by atoms with Crippen molar-refractivity contribution in [2.75, 3.05) is 5.32 Å². The smallest absolute Gasteiger partial charge is 0.259 e. The normalized spacial score (nSPS) is 10.8. The van der Waals surface area contributed by atoms with Crippen LogP contribution in [0, 0.1) is 0 Å². The van der Waals surface area contributed by atoms with Crippen LogP contribution in [0.1, 0.15) is 23.0 Å². The lowest BCUT2D eigenvalue weighted by Crippen LogP contribution is -2.14. The summed E-state index contributed by atoms with van der Waals surface area (Å²) in [6.07, 6.45) is 4.05. The summed E-state index contributed by atoms with van der Waals surface area (Å²) in [5.41, 5.74) is 3.86. The van der Waals surface area contributed by atoms with Crippen LogP contribution >= 0.6 is 0 Å². The first-order chi connectivity index (χ1) is 12.8. The van der Waals surface area contributed by atoms with Gasteiger partial charge in [-0.05, 0) is 30.7 Å². The van der Waals surface area contributed by atoms with Gasteiger partial charge in [-0.2, -0.15) is 5.10 Å². The summed E-state index contributed by atoms with van der Waals surface area (Å²) >= 11 is 0. The minimum absolute atomic E-state index is 0.179. The van der Waals surface area contributed by atoms with Crippen LogP contribution in [0.3, 0.4) is 0 Å². The van der Waals surface area contributed by atoms with Gasteiger partial charge in [-0.3, -0.25) is 9.78 Å². The highest BCUT2D eigenvalue weighted by molar-refractivity contribution is 6.08. The number of para-hydroxylation sites is 2. The quantitative estimate of drug-likeness (QED) is 0.603. The molecular formula is C21H18N4O. The average molecular weight is 342 g/mol. The number of hydrogen-bond donors (Lipinski definition) is 1. The van der Waals surface area contributed by atoms with Gasteiger partial charge in [0.2, 0.25) is 0 Å². The second-order valence-corrected chi connectivity index (χ2v) is 5.94. The summed E-state index contributed by atoms with van der Waals surface area (Å²) in [5.74, 6) is -0.179. The Bertz CT molecular complexity index is 1060. The zero-order valence-electron chi connectivity index (χ0n) is 14.4. The predicted molar refractivity (Wildman–Crippen MR) is 103 cm³/mol. The molecule has 0 fully saturated rings. The molecular weight excluding hydrogens is 324 g/mol. The summed E-state index contributed by atoms with van der Waals surface area (Å²) in [7, 11) is 0. The molecule has 0 aliphatic rings. The lowest BCUT2D eigenvalue weighted by Gasteiger charge is -2.10. The molecule has 26 heavy (non-hydrogen) atoms. The Labute approximate surface area is 151 Å². The molecule has 128 valence electrons. The van der Waals surface area contributed by atoms with Crippen molar-refractivity contribution in [2.45, 2.75) is 13.3 Å². The van der Waals surface area contributed by atoms with E-state index in [1.54, 1.807) is 12.4 Å². The maximum atomic E-state index is 12.9. The monoisotopic (exact) mass is 342 g/mol. The Kier molecular flexibility index (Phi) is 4.19. The maximum absolute atomic E-state index is 12.9. The average Bonchev–Trinajstić information content (AvgIpc) is 3.13. The van der Waals surface area contributed by atoms with Crippen molar-refractivity contribution in [1.29, 1.82) is 0 Å². The van der Waals surface area contributed by atoms with Crippen LogP contribution in [-0.2, 0) is 6.42 Å². The molecule has 2 heterocycles. The van der Waals surface area contributed by atoms with E-state index in [1.807, 2.05) is 72.3 Å². The van der Waals surface area contributed by atoms with E-state index in [9.17, 15) is 4.79 Å². The van der Waals surface area contributed by atoms with Gasteiger partial charge in [-0.1, -0.05) is 43.3 Å². The molecule has 0 atom stereocenters. The van der Waals surface area contributed by atoms with Crippen LogP contribution in [0.25, 0.3) is 16.6 Å². The molecule has 0 bridgehead atoms. The van der Waals surface area contributed by atoms with Gasteiger partial charge in [0, 0.05) is 11.6 Å². The number of nitrogens with one attached hydrogen (secondary N) is 1. The van der Waals surface area contributed by atoms with Crippen LogP contribution in [-0.4, -0.2) is 20.7 Å². The third kappa shape index (κ3) is 2.84. The highest BCUT2D eigenvalue weighted by Crippen LogP contribution is 2.22. The molecule has 4 rings (SSSR count). The lowest BCUT2D eigenvalue weighted by atomic mass is 10.1. The fourth-order valence-electron chi connectivity index (χ4n) is 3.09. The topological polar surface area (TPSA) is 59.8 Å². The van der Waals surface area contributed by atoms with E-state index in [0.29, 0.717) is 17.7 Å². The molecule has 0 saturated carbocycles. The second kappa shape index (κ2) is 6.80. The van der Waals surface area contributed by atoms with E-state index in [0.717, 1.165) is 22.3 Å². The fourth-order valence-corrected chi connectivity index (χ4v) is 3.09. The third-order valence-electron chi connectivity index (χ3n) is 4.33. The number of fused-ring (bicyclic) bond motifs is 1. The van der Waals surface area contributed by atoms with Gasteiger partial charge in [-0.25, -0.2) is 4.68 Å². The van der Waals surface area contributed by atoms with Crippen molar-refractivity contribution >= 4 is 22.5 Å². The Morgan fingerprint density at radius 3 is 2.65 bits per heavy atom. The fraction of sp³-hybridized carbons (Fsp3) is 0.0952. The molecule has 0 radical (unpaired) electrons. The highest BCUT2D eigenvalue weighted by Gasteiger charge is 2.18. The minimum atomic E-state index is -0.179. The number of nitrogens with zero attached hydrogens (tertiary/aromatic N) is 3. The van der Waals surface area contributed by atoms with Gasteiger partial charge in [-0.15, -0.1) is 0 Å². The number of anilines is 1. The van der Waals surface area contributed by atoms with E-state index in [4.69, 9.17) is 0 Å². The van der Waals surface area contributed by atoms with Crippen molar-refractivity contribution in [3.05, 3.63) is 84.3 Å². The van der Waals surface area contributed by atoms with Crippen molar-refractivity contribution in [2.24, 2.45) is 0 Å². The molecule has 5 heteroatoms. The number of benzene rings is 2. The van der Waals surface area contributed by atoms with E-state index in [-0.39, 0.29) is 5.91 Å². The summed E-state index contributed by atoms with van der Waals surface area (Å²) in [6.45, 7) is 2.02. The highest BCUT2D eigenvalue weighted by atomic mass is 16.1. The van der Waals surface area contributed by atoms with Gasteiger partial charge >= 0.3 is 0 Å². The first-order valence-corrected chi connectivity index (χ1v) is 8.55. The molecule has 2 aromatic heterocycles. The van der Waals surface area contributed by atoms with E-state index >= 15 is 0 Å². The SMILES string of the molecule is CCc1c(C(=O)Nc2cccc3cccnc23)cnn1-c1ccccc1. The molecule has 5 nitrogen and oxygen atoms in total. The largest absolute Gasteiger partial charge is 0.320 e. The predicted octanol–water partition coefficient (Wildman–Crippen LogP) is 4.24. The van der Waals surface area contributed by atoms with Gasteiger partial charge < -0.3 is 5.32 Å². The zero-order chi connectivity index (χ0) is 17.9. The summed E-state index contributed by atoms with van der Waals surface area (Å²) in [6, 6.07) is 19.4. The summed E-state index contributed by atoms with van der Waals surface area (Å²) < 4.78 is 1.82. The first kappa shape index (κ1) is 16.0. The number of rotatable bonds is 4. The van der Waals surface area contributed by atoms with Gasteiger partial charge in [0.05, 0.1) is 34.3 Å². The number of carbonyl (C=O) groups is 1. The summed E-state index contributed by atoms with van der Waals surface area (Å²) in [5, 5.41) is 8.40. The van der Waals surface area contributed by atoms with Gasteiger partial charge in [0.15, 0.2) is 0 Å². The van der Waals surface area contributed by atoms with Crippen molar-refractivity contribution in [3.8, 4) is 5.69 Å². The van der Waals surface area contributed by atoms with Gasteiger partial charge in [0.1, 0.15) is 0 Å². The van der Waals surface area contributed by atoms with Crippen molar-refractivity contribution < 1.29 is 4.79 Å². The van der Waals surface area contributed by atoms with Crippen LogP contribution in [0.5, 0.6) is 0 Å². The molecule has 0 aliphatic heterocycles. The molecule has 4 aromatic rings.